The number of ether oxygens (including phenoxy) is 2. The van der Waals surface area contributed by atoms with Crippen LogP contribution in [0.1, 0.15) is 18.4 Å². The second kappa shape index (κ2) is 7.79. The average molecular weight is 322 g/mol. The molecule has 0 aromatic carbocycles. The highest BCUT2D eigenvalue weighted by molar-refractivity contribution is 5.06. The van der Waals surface area contributed by atoms with Crippen LogP contribution in [0.4, 0.5) is 0 Å². The van der Waals surface area contributed by atoms with Gasteiger partial charge in [0.2, 0.25) is 0 Å². The van der Waals surface area contributed by atoms with E-state index in [9.17, 15) is 0 Å². The average Bonchev–Trinajstić information content (AvgIpc) is 3.17. The fourth-order valence-electron chi connectivity index (χ4n) is 4.33. The molecule has 2 aliphatic heterocycles. The van der Waals surface area contributed by atoms with Crippen molar-refractivity contribution in [3.05, 3.63) is 24.2 Å². The van der Waals surface area contributed by atoms with Crippen molar-refractivity contribution in [2.45, 2.75) is 19.4 Å². The minimum atomic E-state index is 0.427. The fraction of sp³-hybridized carbons (Fsp3) is 0.778. The van der Waals surface area contributed by atoms with E-state index in [0.29, 0.717) is 11.3 Å². The van der Waals surface area contributed by atoms with E-state index in [1.165, 1.54) is 38.0 Å². The Morgan fingerprint density at radius 1 is 1.22 bits per heavy atom. The molecular formula is C18H30N2O3. The summed E-state index contributed by atoms with van der Waals surface area (Å²) in [7, 11) is 3.62. The lowest BCUT2D eigenvalue weighted by Gasteiger charge is -2.42. The smallest absolute Gasteiger partial charge is 0.0947 e. The van der Waals surface area contributed by atoms with Gasteiger partial charge in [-0.2, -0.15) is 0 Å². The van der Waals surface area contributed by atoms with Gasteiger partial charge >= 0.3 is 0 Å². The van der Waals surface area contributed by atoms with Crippen molar-refractivity contribution in [2.24, 2.45) is 11.3 Å². The minimum absolute atomic E-state index is 0.427. The Kier molecular flexibility index (Phi) is 5.75. The number of hydrogen-bond acceptors (Lipinski definition) is 5. The summed E-state index contributed by atoms with van der Waals surface area (Å²) in [6.07, 6.45) is 6.16. The lowest BCUT2D eigenvalue weighted by atomic mass is 9.71. The molecule has 3 heterocycles. The van der Waals surface area contributed by atoms with Crippen LogP contribution in [0.3, 0.4) is 0 Å². The standard InChI is InChI=1S/C18H30N2O3/c1-21-10-8-20-12-17(14-22-2)18(15-20)4-6-19(7-5-18)11-16-3-9-23-13-16/h3,9,13,17H,4-8,10-12,14-15H2,1-2H3/t17-/m1/s1. The summed E-state index contributed by atoms with van der Waals surface area (Å²) in [6, 6.07) is 2.07. The number of piperidine rings is 1. The third-order valence-corrected chi connectivity index (χ3v) is 5.70. The van der Waals surface area contributed by atoms with E-state index in [1.54, 1.807) is 13.4 Å². The van der Waals surface area contributed by atoms with Gasteiger partial charge in [0, 0.05) is 51.9 Å². The van der Waals surface area contributed by atoms with Crippen LogP contribution < -0.4 is 0 Å². The number of nitrogens with zero attached hydrogens (tertiary/aromatic N) is 2. The van der Waals surface area contributed by atoms with E-state index in [2.05, 4.69) is 15.9 Å². The van der Waals surface area contributed by atoms with E-state index >= 15 is 0 Å². The predicted molar refractivity (Wildman–Crippen MR) is 89.3 cm³/mol. The second-order valence-corrected chi connectivity index (χ2v) is 7.15. The summed E-state index contributed by atoms with van der Waals surface area (Å²) in [6.45, 7) is 8.44. The van der Waals surface area contributed by atoms with E-state index in [0.717, 1.165) is 32.8 Å². The van der Waals surface area contributed by atoms with Crippen LogP contribution >= 0.6 is 0 Å². The Bertz CT molecular complexity index is 455. The molecule has 5 nitrogen and oxygen atoms in total. The lowest BCUT2D eigenvalue weighted by molar-refractivity contribution is 0.0348. The third kappa shape index (κ3) is 3.97. The van der Waals surface area contributed by atoms with Gasteiger partial charge in [-0.05, 0) is 37.4 Å². The molecule has 1 spiro atoms. The molecule has 0 aliphatic carbocycles. The Balaban J connectivity index is 1.57. The largest absolute Gasteiger partial charge is 0.472 e. The maximum Gasteiger partial charge on any atom is 0.0947 e. The summed E-state index contributed by atoms with van der Waals surface area (Å²) >= 11 is 0. The first-order valence-corrected chi connectivity index (χ1v) is 8.69. The highest BCUT2D eigenvalue weighted by Crippen LogP contribution is 2.44. The van der Waals surface area contributed by atoms with Crippen molar-refractivity contribution in [3.63, 3.8) is 0 Å². The van der Waals surface area contributed by atoms with Gasteiger partial charge < -0.3 is 18.8 Å². The zero-order valence-corrected chi connectivity index (χ0v) is 14.5. The number of methoxy groups -OCH3 is 2. The number of likely N-dealkylation sites (tertiary alicyclic amines) is 2. The Hall–Kier alpha value is -0.880. The molecule has 1 atom stereocenters. The first-order chi connectivity index (χ1) is 11.3. The van der Waals surface area contributed by atoms with Gasteiger partial charge in [-0.15, -0.1) is 0 Å². The van der Waals surface area contributed by atoms with Gasteiger partial charge in [0.05, 0.1) is 25.7 Å². The van der Waals surface area contributed by atoms with Crippen molar-refractivity contribution < 1.29 is 13.9 Å². The van der Waals surface area contributed by atoms with Gasteiger partial charge in [-0.1, -0.05) is 0 Å². The van der Waals surface area contributed by atoms with Gasteiger partial charge in [0.15, 0.2) is 0 Å². The zero-order chi connectivity index (χ0) is 16.1. The topological polar surface area (TPSA) is 38.1 Å². The van der Waals surface area contributed by atoms with Crippen LogP contribution in [0.2, 0.25) is 0 Å². The Morgan fingerprint density at radius 2 is 2.04 bits per heavy atom. The van der Waals surface area contributed by atoms with Crippen LogP contribution in [0.25, 0.3) is 0 Å². The zero-order valence-electron chi connectivity index (χ0n) is 14.5. The van der Waals surface area contributed by atoms with Crippen molar-refractivity contribution in [2.75, 3.05) is 60.2 Å². The van der Waals surface area contributed by atoms with Gasteiger partial charge in [0.1, 0.15) is 0 Å². The molecule has 1 aromatic rings. The van der Waals surface area contributed by atoms with Crippen molar-refractivity contribution in [3.8, 4) is 0 Å². The Labute approximate surface area is 139 Å². The SMILES string of the molecule is COCCN1C[C@H](COC)C2(CCN(Cc3ccoc3)CC2)C1. The van der Waals surface area contributed by atoms with E-state index in [4.69, 9.17) is 13.9 Å². The molecule has 0 saturated carbocycles. The Morgan fingerprint density at radius 3 is 2.70 bits per heavy atom. The van der Waals surface area contributed by atoms with Gasteiger partial charge in [-0.25, -0.2) is 0 Å². The van der Waals surface area contributed by atoms with E-state index in [1.807, 2.05) is 13.4 Å². The highest BCUT2D eigenvalue weighted by Gasteiger charge is 2.47. The molecule has 1 aromatic heterocycles. The molecule has 130 valence electrons. The molecule has 2 saturated heterocycles. The first-order valence-electron chi connectivity index (χ1n) is 8.69. The third-order valence-electron chi connectivity index (χ3n) is 5.70. The van der Waals surface area contributed by atoms with Gasteiger partial charge in [0.25, 0.3) is 0 Å². The molecule has 2 fully saturated rings. The summed E-state index contributed by atoms with van der Waals surface area (Å²) in [5, 5.41) is 0. The molecule has 0 bridgehead atoms. The minimum Gasteiger partial charge on any atom is -0.472 e. The summed E-state index contributed by atoms with van der Waals surface area (Å²) < 4.78 is 16.0. The molecule has 5 heteroatoms. The molecule has 23 heavy (non-hydrogen) atoms. The summed E-state index contributed by atoms with van der Waals surface area (Å²) in [5.74, 6) is 0.653. The van der Waals surface area contributed by atoms with Crippen LogP contribution in [-0.4, -0.2) is 70.0 Å². The molecule has 2 aliphatic rings. The molecular weight excluding hydrogens is 292 g/mol. The van der Waals surface area contributed by atoms with Crippen LogP contribution in [-0.2, 0) is 16.0 Å². The maximum atomic E-state index is 5.53. The number of rotatable bonds is 7. The van der Waals surface area contributed by atoms with Gasteiger partial charge in [-0.3, -0.25) is 4.90 Å². The van der Waals surface area contributed by atoms with Crippen LogP contribution in [0.5, 0.6) is 0 Å². The lowest BCUT2D eigenvalue weighted by Crippen LogP contribution is -2.45. The predicted octanol–water partition coefficient (Wildman–Crippen LogP) is 2.09. The van der Waals surface area contributed by atoms with E-state index in [-0.39, 0.29) is 0 Å². The normalized spacial score (nSPS) is 25.4. The molecule has 0 unspecified atom stereocenters. The molecule has 0 N–H and O–H groups in total. The second-order valence-electron chi connectivity index (χ2n) is 7.15. The summed E-state index contributed by atoms with van der Waals surface area (Å²) in [4.78, 5) is 5.12. The highest BCUT2D eigenvalue weighted by atomic mass is 16.5. The quantitative estimate of drug-likeness (QED) is 0.768. The van der Waals surface area contributed by atoms with Crippen molar-refractivity contribution >= 4 is 0 Å². The van der Waals surface area contributed by atoms with Crippen LogP contribution in [0, 0.1) is 11.3 Å². The first kappa shape index (κ1) is 17.0. The number of hydrogen-bond donors (Lipinski definition) is 0. The summed E-state index contributed by atoms with van der Waals surface area (Å²) in [5.41, 5.74) is 1.71. The van der Waals surface area contributed by atoms with E-state index < -0.39 is 0 Å². The monoisotopic (exact) mass is 322 g/mol. The number of furan rings is 1. The van der Waals surface area contributed by atoms with Crippen LogP contribution in [0.15, 0.2) is 23.0 Å². The van der Waals surface area contributed by atoms with Crippen molar-refractivity contribution in [1.29, 1.82) is 0 Å². The fourth-order valence-corrected chi connectivity index (χ4v) is 4.33. The molecule has 0 amide bonds. The van der Waals surface area contributed by atoms with Crippen molar-refractivity contribution in [1.82, 2.24) is 9.80 Å². The molecule has 3 rings (SSSR count). The maximum absolute atomic E-state index is 5.53. The molecule has 0 radical (unpaired) electrons.